The molecule has 1 aromatic carbocycles. The van der Waals surface area contributed by atoms with Crippen LogP contribution in [0.1, 0.15) is 24.1 Å². The quantitative estimate of drug-likeness (QED) is 0.682. The molecule has 12 heteroatoms. The summed E-state index contributed by atoms with van der Waals surface area (Å²) in [6.07, 6.45) is -4.94. The summed E-state index contributed by atoms with van der Waals surface area (Å²) < 4.78 is 42.8. The minimum atomic E-state index is -5.08. The predicted octanol–water partition coefficient (Wildman–Crippen LogP) is 3.08. The highest BCUT2D eigenvalue weighted by Gasteiger charge is 2.38. The van der Waals surface area contributed by atoms with Gasteiger partial charge in [-0.2, -0.15) is 13.2 Å². The van der Waals surface area contributed by atoms with E-state index in [4.69, 9.17) is 42.6 Å². The number of carbonyl (C=O) groups is 2. The van der Waals surface area contributed by atoms with Crippen molar-refractivity contribution < 1.29 is 37.3 Å². The van der Waals surface area contributed by atoms with E-state index in [-0.39, 0.29) is 18.1 Å². The molecular weight excluding hydrogens is 464 g/mol. The molecule has 2 aliphatic heterocycles. The second kappa shape index (κ2) is 10.8. The first kappa shape index (κ1) is 25.7. The monoisotopic (exact) mass is 486 g/mol. The fourth-order valence-corrected chi connectivity index (χ4v) is 4.22. The zero-order valence-corrected chi connectivity index (χ0v) is 18.4. The van der Waals surface area contributed by atoms with Crippen LogP contribution in [0.5, 0.6) is 0 Å². The van der Waals surface area contributed by atoms with E-state index >= 15 is 0 Å². The number of morpholine rings is 1. The first-order chi connectivity index (χ1) is 14.5. The van der Waals surface area contributed by atoms with E-state index in [0.29, 0.717) is 36.3 Å². The molecule has 1 saturated heterocycles. The maximum Gasteiger partial charge on any atom is 0.490 e. The van der Waals surface area contributed by atoms with Crippen LogP contribution in [0.4, 0.5) is 13.2 Å². The minimum absolute atomic E-state index is 0.00697. The smallest absolute Gasteiger partial charge is 0.475 e. The molecule has 31 heavy (non-hydrogen) atoms. The summed E-state index contributed by atoms with van der Waals surface area (Å²) in [5, 5.41) is 11.6. The number of alkyl halides is 3. The fraction of sp³-hybridized carbons (Fsp3) is 0.579. The van der Waals surface area contributed by atoms with Crippen molar-refractivity contribution in [1.29, 1.82) is 0 Å². The Morgan fingerprint density at radius 2 is 1.97 bits per heavy atom. The average molecular weight is 487 g/mol. The third kappa shape index (κ3) is 6.69. The van der Waals surface area contributed by atoms with E-state index < -0.39 is 18.2 Å². The summed E-state index contributed by atoms with van der Waals surface area (Å²) in [5.74, 6) is -2.76. The van der Waals surface area contributed by atoms with Gasteiger partial charge in [-0.1, -0.05) is 23.2 Å². The number of halogens is 5. The standard InChI is InChI=1S/C17H22Cl2N2O3.C2HF3O2/c1-10-16-11(5-12(18)6-14(16)19)3-4-21(10)17(22)15-8-20-7-13(24-15)9-23-2;3-2(4,5)1(6)7/h5-6,10,13,15,20H,3-4,7-9H2,1-2H3;(H,6,7)/t10-,13-,15+;/m0./s1. The number of rotatable bonds is 3. The molecule has 0 aromatic heterocycles. The summed E-state index contributed by atoms with van der Waals surface area (Å²) in [5.41, 5.74) is 2.10. The first-order valence-electron chi connectivity index (χ1n) is 9.39. The third-order valence-electron chi connectivity index (χ3n) is 4.90. The van der Waals surface area contributed by atoms with E-state index in [1.165, 1.54) is 0 Å². The molecule has 174 valence electrons. The molecule has 0 spiro atoms. The Balaban J connectivity index is 0.000000423. The Morgan fingerprint density at radius 3 is 2.55 bits per heavy atom. The van der Waals surface area contributed by atoms with Crippen molar-refractivity contribution >= 4 is 35.1 Å². The Labute approximate surface area is 187 Å². The number of carbonyl (C=O) groups excluding carboxylic acids is 1. The van der Waals surface area contributed by atoms with Crippen LogP contribution in [-0.2, 0) is 25.5 Å². The van der Waals surface area contributed by atoms with Crippen molar-refractivity contribution in [1.82, 2.24) is 10.2 Å². The van der Waals surface area contributed by atoms with Crippen LogP contribution in [0.15, 0.2) is 12.1 Å². The van der Waals surface area contributed by atoms with Crippen LogP contribution >= 0.6 is 23.2 Å². The van der Waals surface area contributed by atoms with Gasteiger partial charge in [-0.3, -0.25) is 4.79 Å². The molecule has 0 bridgehead atoms. The number of carboxylic acid groups (broad SMARTS) is 1. The molecule has 3 atom stereocenters. The summed E-state index contributed by atoms with van der Waals surface area (Å²) in [6, 6.07) is 3.58. The molecule has 2 heterocycles. The van der Waals surface area contributed by atoms with Crippen molar-refractivity contribution in [3.05, 3.63) is 33.3 Å². The molecule has 1 amide bonds. The van der Waals surface area contributed by atoms with E-state index in [1.807, 2.05) is 17.9 Å². The summed E-state index contributed by atoms with van der Waals surface area (Å²) in [4.78, 5) is 23.7. The van der Waals surface area contributed by atoms with Crippen LogP contribution < -0.4 is 5.32 Å². The topological polar surface area (TPSA) is 88.1 Å². The second-order valence-corrected chi connectivity index (χ2v) is 7.92. The van der Waals surface area contributed by atoms with Gasteiger partial charge < -0.3 is 24.8 Å². The number of fused-ring (bicyclic) bond motifs is 1. The molecule has 0 unspecified atom stereocenters. The number of aliphatic carboxylic acids is 1. The molecule has 7 nitrogen and oxygen atoms in total. The highest BCUT2D eigenvalue weighted by atomic mass is 35.5. The Hall–Kier alpha value is -1.59. The van der Waals surface area contributed by atoms with Gasteiger partial charge in [-0.05, 0) is 36.6 Å². The molecular formula is C19H23Cl2F3N2O5. The number of hydrogen-bond acceptors (Lipinski definition) is 5. The van der Waals surface area contributed by atoms with Gasteiger partial charge in [-0.15, -0.1) is 0 Å². The van der Waals surface area contributed by atoms with E-state index in [9.17, 15) is 18.0 Å². The number of nitrogens with one attached hydrogen (secondary N) is 1. The number of nitrogens with zero attached hydrogens (tertiary/aromatic N) is 1. The van der Waals surface area contributed by atoms with Crippen molar-refractivity contribution in [3.8, 4) is 0 Å². The lowest BCUT2D eigenvalue weighted by Gasteiger charge is -2.39. The zero-order chi connectivity index (χ0) is 23.3. The summed E-state index contributed by atoms with van der Waals surface area (Å²) in [6.45, 7) is 4.32. The Kier molecular flexibility index (Phi) is 8.96. The van der Waals surface area contributed by atoms with Crippen molar-refractivity contribution in [2.75, 3.05) is 33.4 Å². The molecule has 3 rings (SSSR count). The van der Waals surface area contributed by atoms with Gasteiger partial charge in [0.1, 0.15) is 6.10 Å². The van der Waals surface area contributed by atoms with Gasteiger partial charge in [0.25, 0.3) is 5.91 Å². The zero-order valence-electron chi connectivity index (χ0n) is 16.8. The van der Waals surface area contributed by atoms with E-state index in [0.717, 1.165) is 17.5 Å². The van der Waals surface area contributed by atoms with Gasteiger partial charge in [0.05, 0.1) is 18.8 Å². The van der Waals surface area contributed by atoms with Crippen molar-refractivity contribution in [2.24, 2.45) is 0 Å². The predicted molar refractivity (Wildman–Crippen MR) is 107 cm³/mol. The molecule has 2 aliphatic rings. The number of ether oxygens (including phenoxy) is 2. The van der Waals surface area contributed by atoms with Crippen LogP contribution in [0.25, 0.3) is 0 Å². The Bertz CT molecular complexity index is 807. The van der Waals surface area contributed by atoms with Crippen LogP contribution in [0.3, 0.4) is 0 Å². The normalized spacial score (nSPS) is 23.5. The van der Waals surface area contributed by atoms with E-state index in [1.54, 1.807) is 13.2 Å². The number of hydrogen-bond donors (Lipinski definition) is 2. The number of carboxylic acids is 1. The third-order valence-corrected chi connectivity index (χ3v) is 5.43. The lowest BCUT2D eigenvalue weighted by atomic mass is 9.93. The highest BCUT2D eigenvalue weighted by molar-refractivity contribution is 6.35. The summed E-state index contributed by atoms with van der Waals surface area (Å²) >= 11 is 12.5. The number of benzene rings is 1. The van der Waals surface area contributed by atoms with Crippen LogP contribution in [0, 0.1) is 0 Å². The average Bonchev–Trinajstić information content (AvgIpc) is 2.67. The molecule has 0 saturated carbocycles. The lowest BCUT2D eigenvalue weighted by molar-refractivity contribution is -0.192. The fourth-order valence-electron chi connectivity index (χ4n) is 3.52. The largest absolute Gasteiger partial charge is 0.490 e. The molecule has 0 aliphatic carbocycles. The van der Waals surface area contributed by atoms with E-state index in [2.05, 4.69) is 5.32 Å². The summed E-state index contributed by atoms with van der Waals surface area (Å²) in [7, 11) is 1.63. The maximum atomic E-state index is 13.0. The first-order valence-corrected chi connectivity index (χ1v) is 10.1. The van der Waals surface area contributed by atoms with Gasteiger partial charge >= 0.3 is 12.1 Å². The minimum Gasteiger partial charge on any atom is -0.475 e. The molecule has 1 aromatic rings. The van der Waals surface area contributed by atoms with Gasteiger partial charge in [0.2, 0.25) is 0 Å². The lowest BCUT2D eigenvalue weighted by Crippen LogP contribution is -2.54. The second-order valence-electron chi connectivity index (χ2n) is 7.08. The van der Waals surface area contributed by atoms with Crippen molar-refractivity contribution in [2.45, 2.75) is 37.8 Å². The SMILES string of the molecule is COC[C@@H]1CNC[C@H](C(=O)N2CCc3cc(Cl)cc(Cl)c3[C@@H]2C)O1.O=C(O)C(F)(F)F. The van der Waals surface area contributed by atoms with Gasteiger partial charge in [-0.25, -0.2) is 4.79 Å². The Morgan fingerprint density at radius 1 is 1.32 bits per heavy atom. The van der Waals surface area contributed by atoms with Crippen LogP contribution in [-0.4, -0.2) is 73.6 Å². The number of methoxy groups -OCH3 is 1. The van der Waals surface area contributed by atoms with Crippen molar-refractivity contribution in [3.63, 3.8) is 0 Å². The molecule has 0 radical (unpaired) electrons. The van der Waals surface area contributed by atoms with Crippen LogP contribution in [0.2, 0.25) is 10.0 Å². The molecule has 1 fully saturated rings. The van der Waals surface area contributed by atoms with Gasteiger partial charge in [0.15, 0.2) is 0 Å². The van der Waals surface area contributed by atoms with Gasteiger partial charge in [0, 0.05) is 36.8 Å². The molecule has 2 N–H and O–H groups in total. The highest BCUT2D eigenvalue weighted by Crippen LogP contribution is 2.37. The maximum absolute atomic E-state index is 13.0. The number of amides is 1.